The van der Waals surface area contributed by atoms with Gasteiger partial charge in [0.1, 0.15) is 0 Å². The molecule has 0 aromatic heterocycles. The summed E-state index contributed by atoms with van der Waals surface area (Å²) >= 11 is 0. The van der Waals surface area contributed by atoms with E-state index in [1.54, 1.807) is 0 Å². The third-order valence-corrected chi connectivity index (χ3v) is 8.64. The lowest BCUT2D eigenvalue weighted by Gasteiger charge is -2.47. The van der Waals surface area contributed by atoms with E-state index >= 15 is 0 Å². The van der Waals surface area contributed by atoms with Crippen molar-refractivity contribution < 1.29 is 4.74 Å². The van der Waals surface area contributed by atoms with E-state index in [4.69, 9.17) is 4.74 Å². The molecule has 4 aliphatic rings. The first kappa shape index (κ1) is 21.1. The highest BCUT2D eigenvalue weighted by atomic mass is 16.5. The topological polar surface area (TPSA) is 19.0 Å². The van der Waals surface area contributed by atoms with Crippen LogP contribution in [0.1, 0.15) is 71.1 Å². The Bertz CT molecular complexity index is 450. The Morgan fingerprint density at radius 3 is 1.82 bits per heavy atom. The van der Waals surface area contributed by atoms with Gasteiger partial charge in [-0.25, -0.2) is 0 Å². The van der Waals surface area contributed by atoms with Gasteiger partial charge in [-0.15, -0.1) is 0 Å². The molecule has 4 nitrogen and oxygen atoms in total. The number of hydrogen-bond donors (Lipinski definition) is 0. The molecule has 0 N–H and O–H groups in total. The van der Waals surface area contributed by atoms with Crippen molar-refractivity contribution in [3.8, 4) is 0 Å². The van der Waals surface area contributed by atoms with E-state index in [-0.39, 0.29) is 0 Å². The molecule has 3 saturated heterocycles. The summed E-state index contributed by atoms with van der Waals surface area (Å²) in [6.45, 7) is 12.8. The van der Waals surface area contributed by atoms with E-state index < -0.39 is 0 Å². The van der Waals surface area contributed by atoms with Crippen molar-refractivity contribution in [2.75, 3.05) is 59.4 Å². The first-order valence-electron chi connectivity index (χ1n) is 12.4. The fraction of sp³-hybridized carbons (Fsp3) is 1.00. The summed E-state index contributed by atoms with van der Waals surface area (Å²) in [6, 6.07) is 0. The van der Waals surface area contributed by atoms with Crippen molar-refractivity contribution in [3.63, 3.8) is 0 Å². The Morgan fingerprint density at radius 2 is 1.25 bits per heavy atom. The zero-order valence-corrected chi connectivity index (χ0v) is 18.7. The molecule has 3 heterocycles. The number of piperidine rings is 3. The molecular weight excluding hydrogens is 346 g/mol. The molecule has 3 aliphatic heterocycles. The van der Waals surface area contributed by atoms with Crippen LogP contribution in [-0.2, 0) is 4.74 Å². The van der Waals surface area contributed by atoms with Crippen molar-refractivity contribution >= 4 is 0 Å². The summed E-state index contributed by atoms with van der Waals surface area (Å²) in [4.78, 5) is 7.89. The van der Waals surface area contributed by atoms with Crippen LogP contribution < -0.4 is 0 Å². The lowest BCUT2D eigenvalue weighted by atomic mass is 9.71. The highest BCUT2D eigenvalue weighted by Crippen LogP contribution is 2.41. The lowest BCUT2D eigenvalue weighted by molar-refractivity contribution is -0.0609. The molecule has 4 heteroatoms. The quantitative estimate of drug-likeness (QED) is 0.708. The van der Waals surface area contributed by atoms with E-state index in [1.165, 1.54) is 117 Å². The second kappa shape index (κ2) is 9.76. The Labute approximate surface area is 174 Å². The van der Waals surface area contributed by atoms with Gasteiger partial charge in [0, 0.05) is 19.6 Å². The summed E-state index contributed by atoms with van der Waals surface area (Å²) in [6.07, 6.45) is 14.8. The Morgan fingerprint density at radius 1 is 0.714 bits per heavy atom. The minimum atomic E-state index is 0.537. The second-order valence-electron chi connectivity index (χ2n) is 10.5. The van der Waals surface area contributed by atoms with Gasteiger partial charge >= 0.3 is 0 Å². The van der Waals surface area contributed by atoms with E-state index in [0.717, 1.165) is 5.92 Å². The maximum atomic E-state index is 6.47. The molecule has 4 rings (SSSR count). The first-order chi connectivity index (χ1) is 13.6. The number of ether oxygens (including phenoxy) is 1. The van der Waals surface area contributed by atoms with Crippen molar-refractivity contribution in [1.82, 2.24) is 14.7 Å². The van der Waals surface area contributed by atoms with E-state index in [2.05, 4.69) is 28.7 Å². The Balaban J connectivity index is 1.12. The van der Waals surface area contributed by atoms with Gasteiger partial charge in [0.15, 0.2) is 0 Å². The van der Waals surface area contributed by atoms with Crippen LogP contribution in [0.5, 0.6) is 0 Å². The van der Waals surface area contributed by atoms with Crippen LogP contribution in [-0.4, -0.2) is 86.3 Å². The molecule has 1 saturated carbocycles. The van der Waals surface area contributed by atoms with E-state index in [1.807, 2.05) is 0 Å². The average Bonchev–Trinajstić information content (AvgIpc) is 2.74. The van der Waals surface area contributed by atoms with Crippen molar-refractivity contribution in [2.45, 2.75) is 83.3 Å². The number of rotatable bonds is 5. The van der Waals surface area contributed by atoms with Gasteiger partial charge in [0.05, 0.1) is 12.2 Å². The second-order valence-corrected chi connectivity index (χ2v) is 10.5. The third kappa shape index (κ3) is 5.50. The molecule has 0 unspecified atom stereocenters. The maximum Gasteiger partial charge on any atom is 0.0603 e. The number of hydrogen-bond acceptors (Lipinski definition) is 4. The van der Waals surface area contributed by atoms with Gasteiger partial charge < -0.3 is 19.4 Å². The van der Waals surface area contributed by atoms with Crippen LogP contribution in [0.3, 0.4) is 0 Å². The standard InChI is InChI=1S/C24H45N3O/c1-3-26-16-10-24(11-17-26)12-18-27(19-13-24)20-21-4-6-22(7-5-21)28-23-8-14-25(2)15-9-23/h21-23H,3-20H2,1-2H3. The average molecular weight is 392 g/mol. The smallest absolute Gasteiger partial charge is 0.0603 e. The van der Waals surface area contributed by atoms with Gasteiger partial charge in [0.25, 0.3) is 0 Å². The van der Waals surface area contributed by atoms with Crippen LogP contribution in [0, 0.1) is 11.3 Å². The highest BCUT2D eigenvalue weighted by Gasteiger charge is 2.37. The maximum absolute atomic E-state index is 6.47. The fourth-order valence-corrected chi connectivity index (χ4v) is 6.26. The van der Waals surface area contributed by atoms with Gasteiger partial charge in [-0.1, -0.05) is 6.92 Å². The van der Waals surface area contributed by atoms with E-state index in [0.29, 0.717) is 17.6 Å². The number of likely N-dealkylation sites (tertiary alicyclic amines) is 3. The molecule has 1 spiro atoms. The largest absolute Gasteiger partial charge is 0.375 e. The van der Waals surface area contributed by atoms with Gasteiger partial charge in [0.2, 0.25) is 0 Å². The normalized spacial score (nSPS) is 34.1. The molecule has 0 aromatic rings. The van der Waals surface area contributed by atoms with Crippen molar-refractivity contribution in [1.29, 1.82) is 0 Å². The summed E-state index contributed by atoms with van der Waals surface area (Å²) in [5.41, 5.74) is 0.696. The van der Waals surface area contributed by atoms with E-state index in [9.17, 15) is 0 Å². The summed E-state index contributed by atoms with van der Waals surface area (Å²) < 4.78 is 6.47. The van der Waals surface area contributed by atoms with Gasteiger partial charge in [-0.3, -0.25) is 0 Å². The molecule has 1 aliphatic carbocycles. The molecule has 28 heavy (non-hydrogen) atoms. The van der Waals surface area contributed by atoms with Gasteiger partial charge in [-0.2, -0.15) is 0 Å². The van der Waals surface area contributed by atoms with Crippen LogP contribution >= 0.6 is 0 Å². The summed E-state index contributed by atoms with van der Waals surface area (Å²) in [7, 11) is 2.23. The minimum Gasteiger partial charge on any atom is -0.375 e. The predicted octanol–water partition coefficient (Wildman–Crippen LogP) is 3.85. The summed E-state index contributed by atoms with van der Waals surface area (Å²) in [5.74, 6) is 0.924. The predicted molar refractivity (Wildman–Crippen MR) is 117 cm³/mol. The Kier molecular flexibility index (Phi) is 7.35. The SMILES string of the molecule is CCN1CCC2(CC1)CCN(CC1CCC(OC3CCN(C)CC3)CC1)CC2. The molecule has 0 bridgehead atoms. The molecule has 162 valence electrons. The molecule has 0 amide bonds. The molecule has 0 aromatic carbocycles. The first-order valence-corrected chi connectivity index (χ1v) is 12.4. The van der Waals surface area contributed by atoms with Crippen LogP contribution in [0.4, 0.5) is 0 Å². The van der Waals surface area contributed by atoms with Crippen LogP contribution in [0.15, 0.2) is 0 Å². The zero-order valence-electron chi connectivity index (χ0n) is 18.7. The van der Waals surface area contributed by atoms with Crippen molar-refractivity contribution in [2.24, 2.45) is 11.3 Å². The minimum absolute atomic E-state index is 0.537. The number of nitrogens with zero attached hydrogens (tertiary/aromatic N) is 3. The third-order valence-electron chi connectivity index (χ3n) is 8.64. The lowest BCUT2D eigenvalue weighted by Crippen LogP contribution is -2.47. The fourth-order valence-electron chi connectivity index (χ4n) is 6.26. The van der Waals surface area contributed by atoms with Crippen LogP contribution in [0.25, 0.3) is 0 Å². The molecule has 0 radical (unpaired) electrons. The highest BCUT2D eigenvalue weighted by molar-refractivity contribution is 4.91. The van der Waals surface area contributed by atoms with Crippen LogP contribution in [0.2, 0.25) is 0 Å². The van der Waals surface area contributed by atoms with Crippen molar-refractivity contribution in [3.05, 3.63) is 0 Å². The summed E-state index contributed by atoms with van der Waals surface area (Å²) in [5, 5.41) is 0. The zero-order chi connectivity index (χ0) is 19.4. The Hall–Kier alpha value is -0.160. The molecular formula is C24H45N3O. The molecule has 4 fully saturated rings. The van der Waals surface area contributed by atoms with Gasteiger partial charge in [-0.05, 0) is 115 Å². The monoisotopic (exact) mass is 391 g/mol. The molecule has 0 atom stereocenters.